The first kappa shape index (κ1) is 12.7. The second-order valence-corrected chi connectivity index (χ2v) is 4.14. The number of aliphatic imine (C=N–C) groups is 1. The number of rotatable bonds is 5. The third kappa shape index (κ3) is 2.28. The van der Waals surface area contributed by atoms with E-state index in [4.69, 9.17) is 14.2 Å². The van der Waals surface area contributed by atoms with Crippen molar-refractivity contribution < 1.29 is 14.2 Å². The summed E-state index contributed by atoms with van der Waals surface area (Å²) >= 11 is 0. The summed E-state index contributed by atoms with van der Waals surface area (Å²) in [5.74, 6) is 2.18. The van der Waals surface area contributed by atoms with Crippen molar-refractivity contribution >= 4 is 6.21 Å². The average molecular weight is 249 g/mol. The molecule has 0 saturated carbocycles. The number of fused-ring (bicyclic) bond motifs is 1. The highest BCUT2D eigenvalue weighted by Gasteiger charge is 2.21. The monoisotopic (exact) mass is 249 g/mol. The minimum atomic E-state index is 0.674. The number of hydrogen-bond acceptors (Lipinski definition) is 4. The van der Waals surface area contributed by atoms with Crippen LogP contribution in [0.1, 0.15) is 24.5 Å². The highest BCUT2D eigenvalue weighted by atomic mass is 16.5. The van der Waals surface area contributed by atoms with Crippen LogP contribution in [0.5, 0.6) is 17.2 Å². The molecule has 0 atom stereocenters. The lowest BCUT2D eigenvalue weighted by atomic mass is 10.0. The highest BCUT2D eigenvalue weighted by Crippen LogP contribution is 2.42. The van der Waals surface area contributed by atoms with Crippen LogP contribution in [0.2, 0.25) is 0 Å². The zero-order chi connectivity index (χ0) is 13.0. The summed E-state index contributed by atoms with van der Waals surface area (Å²) in [5.41, 5.74) is 2.22. The maximum Gasteiger partial charge on any atom is 0.203 e. The first-order valence-electron chi connectivity index (χ1n) is 6.22. The van der Waals surface area contributed by atoms with E-state index in [0.717, 1.165) is 36.3 Å². The molecule has 1 aromatic rings. The van der Waals surface area contributed by atoms with Crippen LogP contribution < -0.4 is 14.2 Å². The zero-order valence-corrected chi connectivity index (χ0v) is 11.2. The van der Waals surface area contributed by atoms with Gasteiger partial charge in [-0.2, -0.15) is 0 Å². The Hall–Kier alpha value is -1.71. The van der Waals surface area contributed by atoms with Crippen LogP contribution in [0.3, 0.4) is 0 Å². The van der Waals surface area contributed by atoms with Gasteiger partial charge in [-0.25, -0.2) is 0 Å². The average Bonchev–Trinajstić information content (AvgIpc) is 2.43. The van der Waals surface area contributed by atoms with Crippen molar-refractivity contribution in [1.29, 1.82) is 0 Å². The van der Waals surface area contributed by atoms with Gasteiger partial charge in [0.2, 0.25) is 5.75 Å². The fourth-order valence-electron chi connectivity index (χ4n) is 2.09. The van der Waals surface area contributed by atoms with Gasteiger partial charge in [-0.15, -0.1) is 0 Å². The minimum Gasteiger partial charge on any atom is -0.493 e. The topological polar surface area (TPSA) is 40.0 Å². The Morgan fingerprint density at radius 2 is 2.06 bits per heavy atom. The predicted molar refractivity (Wildman–Crippen MR) is 71.5 cm³/mol. The molecule has 4 heteroatoms. The summed E-state index contributed by atoms with van der Waals surface area (Å²) in [7, 11) is 3.27. The SMILES string of the molecule is CCCOc1c2c(cc(OC)c1OC)C=NCC2. The van der Waals surface area contributed by atoms with E-state index in [1.54, 1.807) is 14.2 Å². The van der Waals surface area contributed by atoms with Gasteiger partial charge in [-0.1, -0.05) is 6.92 Å². The Kier molecular flexibility index (Phi) is 4.07. The van der Waals surface area contributed by atoms with E-state index in [0.29, 0.717) is 18.1 Å². The quantitative estimate of drug-likeness (QED) is 0.804. The molecule has 1 aromatic carbocycles. The molecule has 0 spiro atoms. The molecule has 1 aliphatic rings. The third-order valence-electron chi connectivity index (χ3n) is 2.94. The Balaban J connectivity index is 2.53. The first-order chi connectivity index (χ1) is 8.81. The van der Waals surface area contributed by atoms with Crippen LogP contribution >= 0.6 is 0 Å². The molecular formula is C14H19NO3. The lowest BCUT2D eigenvalue weighted by Crippen LogP contribution is -2.09. The fraction of sp³-hybridized carbons (Fsp3) is 0.500. The van der Waals surface area contributed by atoms with Gasteiger partial charge in [-0.05, 0) is 18.9 Å². The van der Waals surface area contributed by atoms with Crippen LogP contribution in [0, 0.1) is 0 Å². The van der Waals surface area contributed by atoms with Crippen LogP contribution in [0.4, 0.5) is 0 Å². The molecule has 0 aromatic heterocycles. The lowest BCUT2D eigenvalue weighted by molar-refractivity contribution is 0.281. The second-order valence-electron chi connectivity index (χ2n) is 4.14. The standard InChI is InChI=1S/C14H19NO3/c1-4-7-18-13-11-5-6-15-9-10(11)8-12(16-2)14(13)17-3/h8-9H,4-7H2,1-3H3. The molecule has 0 radical (unpaired) electrons. The Bertz CT molecular complexity index is 455. The van der Waals surface area contributed by atoms with E-state index in [1.807, 2.05) is 12.3 Å². The summed E-state index contributed by atoms with van der Waals surface area (Å²) < 4.78 is 16.6. The number of benzene rings is 1. The highest BCUT2D eigenvalue weighted by molar-refractivity contribution is 5.86. The van der Waals surface area contributed by atoms with Gasteiger partial charge in [0.25, 0.3) is 0 Å². The van der Waals surface area contributed by atoms with Gasteiger partial charge in [0, 0.05) is 23.9 Å². The first-order valence-corrected chi connectivity index (χ1v) is 6.22. The molecule has 98 valence electrons. The van der Waals surface area contributed by atoms with Gasteiger partial charge in [-0.3, -0.25) is 4.99 Å². The van der Waals surface area contributed by atoms with E-state index < -0.39 is 0 Å². The van der Waals surface area contributed by atoms with Crippen molar-refractivity contribution in [2.45, 2.75) is 19.8 Å². The van der Waals surface area contributed by atoms with Gasteiger partial charge in [0.1, 0.15) is 0 Å². The normalized spacial score (nSPS) is 13.1. The van der Waals surface area contributed by atoms with Crippen LogP contribution in [-0.4, -0.2) is 33.6 Å². The van der Waals surface area contributed by atoms with Gasteiger partial charge < -0.3 is 14.2 Å². The number of methoxy groups -OCH3 is 2. The summed E-state index contributed by atoms with van der Waals surface area (Å²) in [4.78, 5) is 4.29. The maximum atomic E-state index is 5.85. The number of hydrogen-bond donors (Lipinski definition) is 0. The van der Waals surface area contributed by atoms with Crippen molar-refractivity contribution in [3.63, 3.8) is 0 Å². The Morgan fingerprint density at radius 3 is 2.72 bits per heavy atom. The van der Waals surface area contributed by atoms with Gasteiger partial charge in [0.05, 0.1) is 20.8 Å². The van der Waals surface area contributed by atoms with Crippen LogP contribution in [-0.2, 0) is 6.42 Å². The smallest absolute Gasteiger partial charge is 0.203 e. The largest absolute Gasteiger partial charge is 0.493 e. The molecule has 4 nitrogen and oxygen atoms in total. The molecule has 0 unspecified atom stereocenters. The summed E-state index contributed by atoms with van der Waals surface area (Å²) in [6, 6.07) is 1.95. The van der Waals surface area contributed by atoms with E-state index in [9.17, 15) is 0 Å². The lowest BCUT2D eigenvalue weighted by Gasteiger charge is -2.20. The summed E-state index contributed by atoms with van der Waals surface area (Å²) in [6.45, 7) is 3.55. The van der Waals surface area contributed by atoms with Crippen LogP contribution in [0.15, 0.2) is 11.1 Å². The van der Waals surface area contributed by atoms with Gasteiger partial charge in [0.15, 0.2) is 11.5 Å². The number of nitrogens with zero attached hydrogens (tertiary/aromatic N) is 1. The van der Waals surface area contributed by atoms with Crippen molar-refractivity contribution in [3.8, 4) is 17.2 Å². The van der Waals surface area contributed by atoms with Gasteiger partial charge >= 0.3 is 0 Å². The minimum absolute atomic E-state index is 0.674. The molecule has 0 fully saturated rings. The van der Waals surface area contributed by atoms with Crippen molar-refractivity contribution in [2.75, 3.05) is 27.4 Å². The molecule has 0 amide bonds. The molecule has 0 aliphatic carbocycles. The summed E-state index contributed by atoms with van der Waals surface area (Å²) in [5, 5.41) is 0. The molecule has 1 aliphatic heterocycles. The van der Waals surface area contributed by atoms with E-state index in [1.165, 1.54) is 0 Å². The molecule has 0 N–H and O–H groups in total. The predicted octanol–water partition coefficient (Wildman–Crippen LogP) is 2.47. The maximum absolute atomic E-state index is 5.85. The second kappa shape index (κ2) is 5.76. The molecule has 0 saturated heterocycles. The fourth-order valence-corrected chi connectivity index (χ4v) is 2.09. The Labute approximate surface area is 108 Å². The van der Waals surface area contributed by atoms with E-state index >= 15 is 0 Å². The summed E-state index contributed by atoms with van der Waals surface area (Å²) in [6.07, 6.45) is 3.72. The van der Waals surface area contributed by atoms with Crippen molar-refractivity contribution in [1.82, 2.24) is 0 Å². The van der Waals surface area contributed by atoms with Crippen molar-refractivity contribution in [3.05, 3.63) is 17.2 Å². The molecule has 2 rings (SSSR count). The molecule has 0 bridgehead atoms. The zero-order valence-electron chi connectivity index (χ0n) is 11.2. The van der Waals surface area contributed by atoms with Crippen LogP contribution in [0.25, 0.3) is 0 Å². The van der Waals surface area contributed by atoms with E-state index in [2.05, 4.69) is 11.9 Å². The molecule has 1 heterocycles. The van der Waals surface area contributed by atoms with Crippen molar-refractivity contribution in [2.24, 2.45) is 4.99 Å². The molecular weight excluding hydrogens is 230 g/mol. The Morgan fingerprint density at radius 1 is 1.22 bits per heavy atom. The third-order valence-corrected chi connectivity index (χ3v) is 2.94. The number of ether oxygens (including phenoxy) is 3. The van der Waals surface area contributed by atoms with E-state index in [-0.39, 0.29) is 0 Å². The molecule has 18 heavy (non-hydrogen) atoms.